The number of amides is 3. The van der Waals surface area contributed by atoms with E-state index in [0.717, 1.165) is 13.3 Å². The molecule has 19 heteroatoms. The number of alkyl carbamates (subject to hydrolysis) is 1. The first-order valence-corrected chi connectivity index (χ1v) is 16.2. The number of aliphatic imine (C=N–C) groups is 1. The fourth-order valence-corrected chi connectivity index (χ4v) is 4.35. The standard InChI is InChI=1S/C33H45N7O12/c1-7-37(30(43)50-21-24-9-13-26(14-10-24)39(45)46)19-17-34-23-33(28(41)49-6,36-29(42)52-32(3,4)5)35-18-20-38(8-2)31(44)51-22-25-11-15-27(16-12-25)40(47)48/h9-16,23,35H,7-8,17-22H2,1-6H3,(H,36,42). The molecule has 0 spiro atoms. The van der Waals surface area contributed by atoms with Crippen LogP contribution in [0.15, 0.2) is 53.5 Å². The highest BCUT2D eigenvalue weighted by Gasteiger charge is 2.41. The molecule has 2 aromatic rings. The van der Waals surface area contributed by atoms with Crippen LogP contribution in [0.4, 0.5) is 25.8 Å². The molecule has 284 valence electrons. The molecule has 52 heavy (non-hydrogen) atoms. The highest BCUT2D eigenvalue weighted by atomic mass is 16.6. The topological polar surface area (TPSA) is 234 Å². The van der Waals surface area contributed by atoms with Crippen LogP contribution in [0.5, 0.6) is 0 Å². The lowest BCUT2D eigenvalue weighted by molar-refractivity contribution is -0.385. The Labute approximate surface area is 300 Å². The van der Waals surface area contributed by atoms with Crippen LogP contribution in [0.2, 0.25) is 0 Å². The van der Waals surface area contributed by atoms with Crippen molar-refractivity contribution >= 4 is 41.8 Å². The Morgan fingerprint density at radius 2 is 1.27 bits per heavy atom. The molecule has 2 rings (SSSR count). The van der Waals surface area contributed by atoms with Crippen molar-refractivity contribution in [1.82, 2.24) is 20.4 Å². The molecular formula is C33H45N7O12. The average Bonchev–Trinajstić information content (AvgIpc) is 3.10. The number of hydrogen-bond donors (Lipinski definition) is 2. The Morgan fingerprint density at radius 1 is 0.808 bits per heavy atom. The number of benzene rings is 2. The second kappa shape index (κ2) is 20.1. The van der Waals surface area contributed by atoms with Gasteiger partial charge >= 0.3 is 24.2 Å². The van der Waals surface area contributed by atoms with Crippen LogP contribution in [0.3, 0.4) is 0 Å². The lowest BCUT2D eigenvalue weighted by Gasteiger charge is -2.31. The third-order valence-corrected chi connectivity index (χ3v) is 7.07. The first-order chi connectivity index (χ1) is 24.5. The zero-order valence-electron chi connectivity index (χ0n) is 30.0. The molecule has 0 aliphatic carbocycles. The van der Waals surface area contributed by atoms with Crippen LogP contribution >= 0.6 is 0 Å². The van der Waals surface area contributed by atoms with E-state index in [1.165, 1.54) is 58.3 Å². The maximum Gasteiger partial charge on any atom is 0.410 e. The van der Waals surface area contributed by atoms with Gasteiger partial charge in [-0.3, -0.25) is 35.9 Å². The number of rotatable bonds is 18. The van der Waals surface area contributed by atoms with Gasteiger partial charge in [-0.15, -0.1) is 0 Å². The van der Waals surface area contributed by atoms with Crippen molar-refractivity contribution in [2.24, 2.45) is 4.99 Å². The van der Waals surface area contributed by atoms with E-state index in [1.54, 1.807) is 34.6 Å². The number of nitro groups is 2. The first kappa shape index (κ1) is 42.3. The number of non-ortho nitro benzene ring substituents is 2. The molecule has 1 atom stereocenters. The number of esters is 1. The fraction of sp³-hybridized carbons (Fsp3) is 0.485. The molecule has 0 fully saturated rings. The van der Waals surface area contributed by atoms with Crippen LogP contribution in [0, 0.1) is 20.2 Å². The van der Waals surface area contributed by atoms with Gasteiger partial charge < -0.3 is 28.7 Å². The van der Waals surface area contributed by atoms with Gasteiger partial charge in [0.15, 0.2) is 0 Å². The zero-order valence-corrected chi connectivity index (χ0v) is 30.0. The molecule has 1 unspecified atom stereocenters. The van der Waals surface area contributed by atoms with E-state index in [9.17, 15) is 39.4 Å². The molecule has 0 aliphatic heterocycles. The minimum atomic E-state index is -2.06. The third kappa shape index (κ3) is 13.8. The Hall–Kier alpha value is -5.85. The zero-order chi connectivity index (χ0) is 38.9. The Kier molecular flexibility index (Phi) is 16.4. The molecule has 2 N–H and O–H groups in total. The summed E-state index contributed by atoms with van der Waals surface area (Å²) in [6, 6.07) is 11.1. The third-order valence-electron chi connectivity index (χ3n) is 7.07. The van der Waals surface area contributed by atoms with Crippen LogP contribution in [0.1, 0.15) is 45.7 Å². The summed E-state index contributed by atoms with van der Waals surface area (Å²) < 4.78 is 21.0. The number of nitrogens with zero attached hydrogens (tertiary/aromatic N) is 5. The summed E-state index contributed by atoms with van der Waals surface area (Å²) in [5, 5.41) is 27.1. The normalized spacial score (nSPS) is 12.3. The van der Waals surface area contributed by atoms with E-state index in [1.807, 2.05) is 0 Å². The smallest absolute Gasteiger partial charge is 0.410 e. The van der Waals surface area contributed by atoms with Gasteiger partial charge in [-0.2, -0.15) is 0 Å². The molecule has 0 aromatic heterocycles. The highest BCUT2D eigenvalue weighted by Crippen LogP contribution is 2.15. The van der Waals surface area contributed by atoms with Gasteiger partial charge in [-0.1, -0.05) is 0 Å². The molecule has 19 nitrogen and oxygen atoms in total. The van der Waals surface area contributed by atoms with E-state index in [2.05, 4.69) is 15.6 Å². The summed E-state index contributed by atoms with van der Waals surface area (Å²) in [7, 11) is 1.11. The Balaban J connectivity index is 2.12. The van der Waals surface area contributed by atoms with Crippen molar-refractivity contribution in [3.8, 4) is 0 Å². The van der Waals surface area contributed by atoms with Gasteiger partial charge in [0.1, 0.15) is 18.8 Å². The summed E-state index contributed by atoms with van der Waals surface area (Å²) in [6.07, 6.45) is -1.22. The number of nitrogens with one attached hydrogen (secondary N) is 2. The molecule has 0 radical (unpaired) electrons. The minimum Gasteiger partial charge on any atom is -0.466 e. The van der Waals surface area contributed by atoms with Gasteiger partial charge in [-0.05, 0) is 70.0 Å². The molecule has 0 heterocycles. The van der Waals surface area contributed by atoms with Crippen LogP contribution in [-0.4, -0.2) is 108 Å². The largest absolute Gasteiger partial charge is 0.466 e. The predicted octanol–water partition coefficient (Wildman–Crippen LogP) is 4.17. The van der Waals surface area contributed by atoms with Gasteiger partial charge in [-0.25, -0.2) is 19.2 Å². The molecule has 3 amide bonds. The quantitative estimate of drug-likeness (QED) is 0.0548. The first-order valence-electron chi connectivity index (χ1n) is 16.2. The monoisotopic (exact) mass is 731 g/mol. The van der Waals surface area contributed by atoms with Crippen LogP contribution in [0.25, 0.3) is 0 Å². The lowest BCUT2D eigenvalue weighted by Crippen LogP contribution is -2.67. The van der Waals surface area contributed by atoms with E-state index in [-0.39, 0.29) is 63.9 Å². The highest BCUT2D eigenvalue weighted by molar-refractivity contribution is 6.02. The van der Waals surface area contributed by atoms with E-state index in [0.29, 0.717) is 11.1 Å². The number of nitro benzene ring substituents is 2. The van der Waals surface area contributed by atoms with E-state index >= 15 is 0 Å². The molecular weight excluding hydrogens is 686 g/mol. The van der Waals surface area contributed by atoms with Gasteiger partial charge in [0, 0.05) is 57.0 Å². The van der Waals surface area contributed by atoms with Crippen molar-refractivity contribution < 1.29 is 48.0 Å². The van der Waals surface area contributed by atoms with Crippen molar-refractivity contribution in [2.45, 2.75) is 59.1 Å². The minimum absolute atomic E-state index is 0.00237. The molecule has 0 bridgehead atoms. The number of ether oxygens (including phenoxy) is 4. The number of likely N-dealkylation sites (N-methyl/N-ethyl adjacent to an activating group) is 2. The van der Waals surface area contributed by atoms with Crippen molar-refractivity contribution in [3.63, 3.8) is 0 Å². The van der Waals surface area contributed by atoms with E-state index < -0.39 is 45.4 Å². The van der Waals surface area contributed by atoms with Crippen molar-refractivity contribution in [1.29, 1.82) is 0 Å². The van der Waals surface area contributed by atoms with Crippen molar-refractivity contribution in [2.75, 3.05) is 46.4 Å². The maximum atomic E-state index is 13.2. The Morgan fingerprint density at radius 3 is 1.67 bits per heavy atom. The van der Waals surface area contributed by atoms with E-state index in [4.69, 9.17) is 18.9 Å². The molecule has 0 saturated heterocycles. The number of carbonyl (C=O) groups excluding carboxylic acids is 4. The predicted molar refractivity (Wildman–Crippen MR) is 187 cm³/mol. The van der Waals surface area contributed by atoms with Gasteiger partial charge in [0.05, 0.1) is 29.7 Å². The summed E-state index contributed by atoms with van der Waals surface area (Å²) in [6.45, 7) is 8.48. The van der Waals surface area contributed by atoms with Gasteiger partial charge in [0.25, 0.3) is 11.4 Å². The summed E-state index contributed by atoms with van der Waals surface area (Å²) in [4.78, 5) is 79.3. The molecule has 2 aromatic carbocycles. The summed E-state index contributed by atoms with van der Waals surface area (Å²) >= 11 is 0. The lowest BCUT2D eigenvalue weighted by atomic mass is 10.1. The van der Waals surface area contributed by atoms with Gasteiger partial charge in [0.2, 0.25) is 5.66 Å². The number of carbonyl (C=O) groups is 4. The molecule has 0 saturated carbocycles. The molecule has 0 aliphatic rings. The average molecular weight is 732 g/mol. The van der Waals surface area contributed by atoms with Crippen LogP contribution in [-0.2, 0) is 37.0 Å². The number of methoxy groups -OCH3 is 1. The second-order valence-corrected chi connectivity index (χ2v) is 12.0. The Bertz CT molecular complexity index is 1560. The van der Waals surface area contributed by atoms with Crippen LogP contribution < -0.4 is 10.6 Å². The SMILES string of the molecule is CCN(CCN=CC(NCCN(CC)C(=O)OCc1ccc([N+](=O)[O-])cc1)(NC(=O)OC(C)(C)C)C(=O)OC)C(=O)OCc1ccc([N+](=O)[O-])cc1. The summed E-state index contributed by atoms with van der Waals surface area (Å²) in [5.41, 5.74) is -2.09. The number of hydrogen-bond acceptors (Lipinski definition) is 14. The van der Waals surface area contributed by atoms with Crippen molar-refractivity contribution in [3.05, 3.63) is 79.9 Å². The maximum absolute atomic E-state index is 13.2. The fourth-order valence-electron chi connectivity index (χ4n) is 4.35. The summed E-state index contributed by atoms with van der Waals surface area (Å²) in [5.74, 6) is -0.958. The second-order valence-electron chi connectivity index (χ2n) is 12.0.